The highest BCUT2D eigenvalue weighted by molar-refractivity contribution is 5.78. The van der Waals surface area contributed by atoms with Gasteiger partial charge in [-0.2, -0.15) is 0 Å². The third-order valence-electron chi connectivity index (χ3n) is 5.85. The number of likely N-dealkylation sites (tertiary alicyclic amines) is 1. The number of rotatable bonds is 2. The maximum absolute atomic E-state index is 12.9. The highest BCUT2D eigenvalue weighted by Gasteiger charge is 2.38. The van der Waals surface area contributed by atoms with Crippen molar-refractivity contribution in [1.29, 1.82) is 0 Å². The number of piperidine rings is 1. The van der Waals surface area contributed by atoms with E-state index in [1.165, 1.54) is 11.1 Å². The highest BCUT2D eigenvalue weighted by atomic mass is 16.5. The second kappa shape index (κ2) is 6.48. The molecule has 26 heavy (non-hydrogen) atoms. The molecule has 0 aliphatic carbocycles. The molecular weight excluding hydrogens is 330 g/mol. The summed E-state index contributed by atoms with van der Waals surface area (Å²) >= 11 is 0. The molecule has 4 heterocycles. The van der Waals surface area contributed by atoms with Crippen LogP contribution in [0.5, 0.6) is 0 Å². The van der Waals surface area contributed by atoms with Crippen molar-refractivity contribution in [3.05, 3.63) is 47.3 Å². The fraction of sp³-hybridized carbons (Fsp3) is 0.526. The number of amides is 1. The number of benzene rings is 1. The van der Waals surface area contributed by atoms with Crippen LogP contribution in [0.25, 0.3) is 0 Å². The number of carbonyl (C=O) groups excluding carboxylic acids is 1. The van der Waals surface area contributed by atoms with Gasteiger partial charge in [-0.25, -0.2) is 4.68 Å². The molecule has 0 saturated carbocycles. The molecule has 0 N–H and O–H groups in total. The Morgan fingerprint density at radius 3 is 3.04 bits per heavy atom. The van der Waals surface area contributed by atoms with Crippen LogP contribution < -0.4 is 0 Å². The zero-order valence-electron chi connectivity index (χ0n) is 14.8. The second-order valence-corrected chi connectivity index (χ2v) is 7.44. The van der Waals surface area contributed by atoms with E-state index in [0.717, 1.165) is 38.2 Å². The zero-order chi connectivity index (χ0) is 17.5. The highest BCUT2D eigenvalue weighted by Crippen LogP contribution is 2.30. The molecule has 7 heteroatoms. The molecule has 1 amide bonds. The average Bonchev–Trinajstić information content (AvgIpc) is 3.17. The molecule has 2 aromatic rings. The third-order valence-corrected chi connectivity index (χ3v) is 5.85. The van der Waals surface area contributed by atoms with Crippen LogP contribution in [0.3, 0.4) is 0 Å². The lowest BCUT2D eigenvalue weighted by atomic mass is 9.99. The molecular formula is C19H23N5O2. The Bertz CT molecular complexity index is 820. The lowest BCUT2D eigenvalue weighted by Crippen LogP contribution is -2.52. The van der Waals surface area contributed by atoms with Crippen molar-refractivity contribution in [1.82, 2.24) is 24.8 Å². The van der Waals surface area contributed by atoms with Gasteiger partial charge in [0, 0.05) is 26.2 Å². The molecule has 1 saturated heterocycles. The maximum Gasteiger partial charge on any atom is 0.236 e. The Morgan fingerprint density at radius 1 is 1.23 bits per heavy atom. The Kier molecular flexibility index (Phi) is 3.98. The summed E-state index contributed by atoms with van der Waals surface area (Å²) in [6.07, 6.45) is 3.76. The van der Waals surface area contributed by atoms with Crippen molar-refractivity contribution in [2.75, 3.05) is 26.2 Å². The minimum absolute atomic E-state index is 0.0843. The molecule has 1 fully saturated rings. The number of hydrogen-bond donors (Lipinski definition) is 0. The summed E-state index contributed by atoms with van der Waals surface area (Å²) in [5.74, 6) is 0.204. The molecule has 0 unspecified atom stereocenters. The molecule has 136 valence electrons. The summed E-state index contributed by atoms with van der Waals surface area (Å²) in [6.45, 7) is 4.27. The maximum atomic E-state index is 12.9. The number of fused-ring (bicyclic) bond motifs is 4. The number of carbonyl (C=O) groups is 1. The zero-order valence-corrected chi connectivity index (χ0v) is 14.8. The van der Waals surface area contributed by atoms with Gasteiger partial charge in [-0.15, -0.1) is 5.10 Å². The van der Waals surface area contributed by atoms with Gasteiger partial charge in [0.05, 0.1) is 37.2 Å². The van der Waals surface area contributed by atoms with Crippen LogP contribution in [-0.4, -0.2) is 63.0 Å². The van der Waals surface area contributed by atoms with Crippen molar-refractivity contribution in [3.8, 4) is 0 Å². The van der Waals surface area contributed by atoms with E-state index in [4.69, 9.17) is 4.74 Å². The van der Waals surface area contributed by atoms with Crippen molar-refractivity contribution in [3.63, 3.8) is 0 Å². The first-order valence-electron chi connectivity index (χ1n) is 9.35. The van der Waals surface area contributed by atoms with Gasteiger partial charge >= 0.3 is 0 Å². The van der Waals surface area contributed by atoms with E-state index >= 15 is 0 Å². The quantitative estimate of drug-likeness (QED) is 0.806. The van der Waals surface area contributed by atoms with Crippen LogP contribution in [0.2, 0.25) is 0 Å². The molecule has 1 aromatic carbocycles. The lowest BCUT2D eigenvalue weighted by Gasteiger charge is -2.41. The Morgan fingerprint density at radius 2 is 2.12 bits per heavy atom. The van der Waals surface area contributed by atoms with E-state index in [9.17, 15) is 4.79 Å². The summed E-state index contributed by atoms with van der Waals surface area (Å²) < 4.78 is 7.88. The van der Waals surface area contributed by atoms with Gasteiger partial charge in [0.1, 0.15) is 0 Å². The third kappa shape index (κ3) is 2.81. The first-order valence-corrected chi connectivity index (χ1v) is 9.35. The minimum Gasteiger partial charge on any atom is -0.370 e. The molecule has 0 spiro atoms. The molecule has 2 atom stereocenters. The van der Waals surface area contributed by atoms with Crippen LogP contribution in [0.4, 0.5) is 0 Å². The van der Waals surface area contributed by atoms with E-state index in [1.54, 1.807) is 6.20 Å². The summed E-state index contributed by atoms with van der Waals surface area (Å²) in [4.78, 5) is 17.1. The van der Waals surface area contributed by atoms with Crippen LogP contribution >= 0.6 is 0 Å². The van der Waals surface area contributed by atoms with Gasteiger partial charge in [-0.1, -0.05) is 29.5 Å². The Hall–Kier alpha value is -2.25. The van der Waals surface area contributed by atoms with Crippen LogP contribution in [0.1, 0.15) is 29.3 Å². The Balaban J connectivity index is 1.25. The number of hydrogen-bond acceptors (Lipinski definition) is 5. The van der Waals surface area contributed by atoms with Crippen LogP contribution in [-0.2, 0) is 29.1 Å². The smallest absolute Gasteiger partial charge is 0.236 e. The largest absolute Gasteiger partial charge is 0.370 e. The molecule has 1 aromatic heterocycles. The topological polar surface area (TPSA) is 63.5 Å². The van der Waals surface area contributed by atoms with Gasteiger partial charge < -0.3 is 9.64 Å². The Labute approximate surface area is 152 Å². The minimum atomic E-state index is 0.0843. The summed E-state index contributed by atoms with van der Waals surface area (Å²) in [5, 5.41) is 8.21. The first-order chi connectivity index (χ1) is 12.8. The summed E-state index contributed by atoms with van der Waals surface area (Å²) in [7, 11) is 0. The van der Waals surface area contributed by atoms with Gasteiger partial charge in [-0.05, 0) is 24.0 Å². The van der Waals surface area contributed by atoms with E-state index in [2.05, 4.69) is 39.5 Å². The number of ether oxygens (including phenoxy) is 1. The lowest BCUT2D eigenvalue weighted by molar-refractivity contribution is -0.139. The van der Waals surface area contributed by atoms with Crippen molar-refractivity contribution in [2.45, 2.75) is 38.1 Å². The standard InChI is InChI=1S/C19H23N5O2/c25-19(12-22-7-5-14-3-1-2-4-15(14)10-22)23-8-6-18-17(11-23)24-16(13-26-18)9-20-21-24/h1-4,9,17-18H,5-8,10-13H2/t17-,18+/m0/s1. The van der Waals surface area contributed by atoms with Gasteiger partial charge in [-0.3, -0.25) is 9.69 Å². The van der Waals surface area contributed by atoms with Gasteiger partial charge in [0.15, 0.2) is 0 Å². The predicted molar refractivity (Wildman–Crippen MR) is 94.3 cm³/mol. The van der Waals surface area contributed by atoms with E-state index in [1.807, 2.05) is 9.58 Å². The van der Waals surface area contributed by atoms with E-state index < -0.39 is 0 Å². The normalized spacial score (nSPS) is 25.3. The summed E-state index contributed by atoms with van der Waals surface area (Å²) in [5.41, 5.74) is 3.75. The summed E-state index contributed by atoms with van der Waals surface area (Å²) in [6, 6.07) is 8.62. The van der Waals surface area contributed by atoms with Gasteiger partial charge in [0.2, 0.25) is 5.91 Å². The fourth-order valence-corrected chi connectivity index (χ4v) is 4.39. The predicted octanol–water partition coefficient (Wildman–Crippen LogP) is 1.01. The molecule has 7 nitrogen and oxygen atoms in total. The van der Waals surface area contributed by atoms with Crippen molar-refractivity contribution < 1.29 is 9.53 Å². The van der Waals surface area contributed by atoms with Crippen LogP contribution in [0.15, 0.2) is 30.5 Å². The molecule has 3 aliphatic heterocycles. The molecule has 0 bridgehead atoms. The fourth-order valence-electron chi connectivity index (χ4n) is 4.39. The van der Waals surface area contributed by atoms with Crippen LogP contribution in [0, 0.1) is 0 Å². The van der Waals surface area contributed by atoms with E-state index in [0.29, 0.717) is 19.7 Å². The second-order valence-electron chi connectivity index (χ2n) is 7.44. The average molecular weight is 353 g/mol. The van der Waals surface area contributed by atoms with Crippen molar-refractivity contribution >= 4 is 5.91 Å². The molecule has 0 radical (unpaired) electrons. The number of nitrogens with zero attached hydrogens (tertiary/aromatic N) is 5. The van der Waals surface area contributed by atoms with E-state index in [-0.39, 0.29) is 18.1 Å². The first kappa shape index (κ1) is 16.0. The SMILES string of the molecule is O=C(CN1CCc2ccccc2C1)N1CC[C@H]2OCc3cnnn3[C@H]2C1. The van der Waals surface area contributed by atoms with Gasteiger partial charge in [0.25, 0.3) is 0 Å². The van der Waals surface area contributed by atoms with Crippen molar-refractivity contribution in [2.24, 2.45) is 0 Å². The molecule has 3 aliphatic rings. The monoisotopic (exact) mass is 353 g/mol. The molecule has 5 rings (SSSR count). The number of aromatic nitrogens is 3.